The Hall–Kier alpha value is -3.60. The average Bonchev–Trinajstić information content (AvgIpc) is 2.63. The number of carbonyl (C=O) groups is 2. The molecule has 122 valence electrons. The van der Waals surface area contributed by atoms with Gasteiger partial charge in [0.25, 0.3) is 0 Å². The standard InChI is InChI=1S/C20H13NO4/c21-17-16-14(18(23)12-8-4-5-9-13(12)19(16)24)10-15(22)20(17)25-11-6-2-1-3-7-11/h1-10,22H,21H2. The van der Waals surface area contributed by atoms with E-state index in [9.17, 15) is 14.7 Å². The van der Waals surface area contributed by atoms with E-state index in [1.807, 2.05) is 6.07 Å². The Morgan fingerprint density at radius 3 is 2.08 bits per heavy atom. The van der Waals surface area contributed by atoms with Crippen molar-refractivity contribution in [2.45, 2.75) is 0 Å². The van der Waals surface area contributed by atoms with Gasteiger partial charge >= 0.3 is 0 Å². The fraction of sp³-hybridized carbons (Fsp3) is 0. The van der Waals surface area contributed by atoms with Crippen molar-refractivity contribution in [2.24, 2.45) is 0 Å². The molecule has 0 saturated heterocycles. The van der Waals surface area contributed by atoms with E-state index in [2.05, 4.69) is 0 Å². The second-order valence-corrected chi connectivity index (χ2v) is 5.68. The number of phenols is 1. The van der Waals surface area contributed by atoms with Crippen LogP contribution < -0.4 is 10.5 Å². The Balaban J connectivity index is 1.90. The fourth-order valence-corrected chi connectivity index (χ4v) is 2.97. The largest absolute Gasteiger partial charge is 0.504 e. The maximum Gasteiger partial charge on any atom is 0.196 e. The molecule has 0 amide bonds. The summed E-state index contributed by atoms with van der Waals surface area (Å²) in [7, 11) is 0. The molecule has 0 radical (unpaired) electrons. The summed E-state index contributed by atoms with van der Waals surface area (Å²) >= 11 is 0. The van der Waals surface area contributed by atoms with E-state index in [1.165, 1.54) is 6.07 Å². The van der Waals surface area contributed by atoms with Crippen LogP contribution in [0.4, 0.5) is 5.69 Å². The van der Waals surface area contributed by atoms with Crippen LogP contribution in [0.25, 0.3) is 0 Å². The number of para-hydroxylation sites is 1. The minimum absolute atomic E-state index is 0.0366. The fourth-order valence-electron chi connectivity index (χ4n) is 2.97. The molecule has 0 aliphatic heterocycles. The highest BCUT2D eigenvalue weighted by Crippen LogP contribution is 2.43. The van der Waals surface area contributed by atoms with Gasteiger partial charge in [0.05, 0.1) is 11.3 Å². The van der Waals surface area contributed by atoms with Gasteiger partial charge in [0.15, 0.2) is 23.1 Å². The number of hydrogen-bond donors (Lipinski definition) is 2. The van der Waals surface area contributed by atoms with Crippen molar-refractivity contribution >= 4 is 17.3 Å². The minimum atomic E-state index is -0.361. The van der Waals surface area contributed by atoms with Gasteiger partial charge in [-0.2, -0.15) is 0 Å². The maximum absolute atomic E-state index is 12.8. The number of fused-ring (bicyclic) bond motifs is 2. The van der Waals surface area contributed by atoms with Crippen molar-refractivity contribution in [3.05, 3.63) is 82.9 Å². The monoisotopic (exact) mass is 331 g/mol. The van der Waals surface area contributed by atoms with Crippen molar-refractivity contribution < 1.29 is 19.4 Å². The average molecular weight is 331 g/mol. The number of phenolic OH excluding ortho intramolecular Hbond substituents is 1. The zero-order valence-electron chi connectivity index (χ0n) is 13.0. The highest BCUT2D eigenvalue weighted by atomic mass is 16.5. The first-order chi connectivity index (χ1) is 12.1. The zero-order chi connectivity index (χ0) is 17.6. The van der Waals surface area contributed by atoms with Gasteiger partial charge in [0, 0.05) is 16.7 Å². The molecule has 5 heteroatoms. The molecule has 0 aromatic heterocycles. The Bertz CT molecular complexity index is 1030. The van der Waals surface area contributed by atoms with Crippen LogP contribution in [0.3, 0.4) is 0 Å². The third-order valence-electron chi connectivity index (χ3n) is 4.15. The predicted molar refractivity (Wildman–Crippen MR) is 92.3 cm³/mol. The summed E-state index contributed by atoms with van der Waals surface area (Å²) in [4.78, 5) is 25.5. The van der Waals surface area contributed by atoms with Gasteiger partial charge in [0.1, 0.15) is 5.75 Å². The Morgan fingerprint density at radius 2 is 1.40 bits per heavy atom. The second kappa shape index (κ2) is 5.49. The van der Waals surface area contributed by atoms with E-state index >= 15 is 0 Å². The molecule has 4 rings (SSSR count). The quantitative estimate of drug-likeness (QED) is 0.548. The van der Waals surface area contributed by atoms with Crippen LogP contribution in [0.2, 0.25) is 0 Å². The molecule has 0 atom stereocenters. The van der Waals surface area contributed by atoms with E-state index in [0.717, 1.165) is 0 Å². The van der Waals surface area contributed by atoms with Gasteiger partial charge in [-0.25, -0.2) is 0 Å². The SMILES string of the molecule is Nc1c(Oc2ccccc2)c(O)cc2c1C(=O)c1ccccc1C2=O. The molecular formula is C20H13NO4. The van der Waals surface area contributed by atoms with Gasteiger partial charge in [-0.3, -0.25) is 9.59 Å². The third kappa shape index (κ3) is 2.25. The summed E-state index contributed by atoms with van der Waals surface area (Å²) in [5, 5.41) is 10.3. The van der Waals surface area contributed by atoms with Crippen LogP contribution in [0.5, 0.6) is 17.2 Å². The van der Waals surface area contributed by atoms with Crippen molar-refractivity contribution in [3.63, 3.8) is 0 Å². The van der Waals surface area contributed by atoms with Gasteiger partial charge < -0.3 is 15.6 Å². The molecule has 3 aromatic rings. The number of nitrogen functional groups attached to an aromatic ring is 1. The Labute approximate surface area is 143 Å². The first kappa shape index (κ1) is 15.0. The topological polar surface area (TPSA) is 89.6 Å². The number of aromatic hydroxyl groups is 1. The first-order valence-electron chi connectivity index (χ1n) is 7.64. The third-order valence-corrected chi connectivity index (χ3v) is 4.15. The summed E-state index contributed by atoms with van der Waals surface area (Å²) in [5.41, 5.74) is 6.80. The number of anilines is 1. The van der Waals surface area contributed by atoms with E-state index in [4.69, 9.17) is 10.5 Å². The van der Waals surface area contributed by atoms with Crippen molar-refractivity contribution in [3.8, 4) is 17.2 Å². The number of hydrogen-bond acceptors (Lipinski definition) is 5. The van der Waals surface area contributed by atoms with Crippen molar-refractivity contribution in [2.75, 3.05) is 5.73 Å². The lowest BCUT2D eigenvalue weighted by atomic mass is 9.83. The summed E-state index contributed by atoms with van der Waals surface area (Å²) in [6.07, 6.45) is 0. The molecule has 3 N–H and O–H groups in total. The summed E-state index contributed by atoms with van der Waals surface area (Å²) < 4.78 is 5.64. The first-order valence-corrected chi connectivity index (χ1v) is 7.64. The smallest absolute Gasteiger partial charge is 0.196 e. The van der Waals surface area contributed by atoms with E-state index in [0.29, 0.717) is 16.9 Å². The molecule has 1 aliphatic rings. The van der Waals surface area contributed by atoms with Crippen LogP contribution in [-0.4, -0.2) is 16.7 Å². The van der Waals surface area contributed by atoms with Gasteiger partial charge in [-0.15, -0.1) is 0 Å². The Morgan fingerprint density at radius 1 is 0.800 bits per heavy atom. The number of rotatable bonds is 2. The maximum atomic E-state index is 12.8. The second-order valence-electron chi connectivity index (χ2n) is 5.68. The molecular weight excluding hydrogens is 318 g/mol. The van der Waals surface area contributed by atoms with Gasteiger partial charge in [0.2, 0.25) is 0 Å². The number of ether oxygens (including phenoxy) is 1. The Kier molecular flexibility index (Phi) is 3.28. The number of nitrogens with two attached hydrogens (primary N) is 1. The predicted octanol–water partition coefficient (Wildman–Crippen LogP) is 3.54. The van der Waals surface area contributed by atoms with E-state index in [-0.39, 0.29) is 39.9 Å². The van der Waals surface area contributed by atoms with Crippen molar-refractivity contribution in [1.82, 2.24) is 0 Å². The molecule has 0 bridgehead atoms. The normalized spacial score (nSPS) is 12.5. The minimum Gasteiger partial charge on any atom is -0.504 e. The van der Waals surface area contributed by atoms with E-state index < -0.39 is 0 Å². The molecule has 0 spiro atoms. The molecule has 0 saturated carbocycles. The highest BCUT2D eigenvalue weighted by molar-refractivity contribution is 6.30. The molecule has 1 aliphatic carbocycles. The molecule has 0 heterocycles. The molecule has 0 fully saturated rings. The number of benzene rings is 3. The van der Waals surface area contributed by atoms with Crippen LogP contribution >= 0.6 is 0 Å². The van der Waals surface area contributed by atoms with Crippen LogP contribution in [0.1, 0.15) is 31.8 Å². The van der Waals surface area contributed by atoms with Gasteiger partial charge in [-0.1, -0.05) is 42.5 Å². The van der Waals surface area contributed by atoms with Crippen LogP contribution in [0, 0.1) is 0 Å². The summed E-state index contributed by atoms with van der Waals surface area (Å²) in [6.45, 7) is 0. The summed E-state index contributed by atoms with van der Waals surface area (Å²) in [5.74, 6) is -0.579. The summed E-state index contributed by atoms with van der Waals surface area (Å²) in [6, 6.07) is 16.5. The highest BCUT2D eigenvalue weighted by Gasteiger charge is 2.33. The number of ketones is 2. The molecule has 3 aromatic carbocycles. The van der Waals surface area contributed by atoms with Crippen LogP contribution in [-0.2, 0) is 0 Å². The molecule has 5 nitrogen and oxygen atoms in total. The number of carbonyl (C=O) groups excluding carboxylic acids is 2. The lowest BCUT2D eigenvalue weighted by molar-refractivity contribution is 0.0979. The molecule has 0 unspecified atom stereocenters. The lowest BCUT2D eigenvalue weighted by Crippen LogP contribution is -2.22. The molecule has 25 heavy (non-hydrogen) atoms. The van der Waals surface area contributed by atoms with E-state index in [1.54, 1.807) is 48.5 Å². The lowest BCUT2D eigenvalue weighted by Gasteiger charge is -2.21. The zero-order valence-corrected chi connectivity index (χ0v) is 13.0. The van der Waals surface area contributed by atoms with Crippen LogP contribution in [0.15, 0.2) is 60.7 Å². The van der Waals surface area contributed by atoms with Gasteiger partial charge in [-0.05, 0) is 18.2 Å². The van der Waals surface area contributed by atoms with Crippen molar-refractivity contribution in [1.29, 1.82) is 0 Å².